The molecule has 1 aromatic rings. The molecule has 0 saturated heterocycles. The summed E-state index contributed by atoms with van der Waals surface area (Å²) in [4.78, 5) is 2.52. The van der Waals surface area contributed by atoms with Crippen molar-refractivity contribution in [2.24, 2.45) is 0 Å². The summed E-state index contributed by atoms with van der Waals surface area (Å²) in [5.41, 5.74) is 2.69. The zero-order valence-corrected chi connectivity index (χ0v) is 11.9. The fraction of sp³-hybridized carbons (Fsp3) is 0.625. The van der Waals surface area contributed by atoms with Crippen LogP contribution in [0.15, 0.2) is 24.3 Å². The van der Waals surface area contributed by atoms with Gasteiger partial charge in [-0.15, -0.1) is 0 Å². The molecular weight excluding hydrogens is 220 g/mol. The molecule has 2 rings (SSSR count). The minimum Gasteiger partial charge on any atom is -0.368 e. The van der Waals surface area contributed by atoms with Crippen LogP contribution in [0.1, 0.15) is 38.7 Å². The molecule has 0 amide bonds. The lowest BCUT2D eigenvalue weighted by Crippen LogP contribution is -2.42. The number of hydrogen-bond donors (Lipinski definition) is 1. The number of nitrogens with one attached hydrogen (secondary N) is 1. The summed E-state index contributed by atoms with van der Waals surface area (Å²) >= 11 is 0. The van der Waals surface area contributed by atoms with Crippen LogP contribution in [0, 0.1) is 6.92 Å². The second-order valence-corrected chi connectivity index (χ2v) is 5.37. The van der Waals surface area contributed by atoms with Crippen LogP contribution in [0.4, 0.5) is 5.69 Å². The summed E-state index contributed by atoms with van der Waals surface area (Å²) in [5, 5.41) is 3.66. The molecule has 1 aromatic carbocycles. The van der Waals surface area contributed by atoms with Gasteiger partial charge < -0.3 is 10.2 Å². The Bertz CT molecular complexity index is 354. The number of rotatable bonds is 7. The molecule has 1 aliphatic rings. The Labute approximate surface area is 111 Å². The van der Waals surface area contributed by atoms with Gasteiger partial charge in [-0.2, -0.15) is 0 Å². The van der Waals surface area contributed by atoms with E-state index in [2.05, 4.69) is 55.3 Å². The molecule has 1 aliphatic carbocycles. The number of likely N-dealkylation sites (N-methyl/N-ethyl adjacent to an activating group) is 1. The molecule has 0 bridgehead atoms. The molecule has 0 aliphatic heterocycles. The van der Waals surface area contributed by atoms with E-state index in [9.17, 15) is 0 Å². The molecule has 18 heavy (non-hydrogen) atoms. The third-order valence-corrected chi connectivity index (χ3v) is 3.84. The highest BCUT2D eigenvalue weighted by Crippen LogP contribution is 2.21. The summed E-state index contributed by atoms with van der Waals surface area (Å²) < 4.78 is 0. The Balaban J connectivity index is 2.01. The van der Waals surface area contributed by atoms with Gasteiger partial charge in [-0.05, 0) is 45.2 Å². The van der Waals surface area contributed by atoms with Gasteiger partial charge >= 0.3 is 0 Å². The molecule has 2 nitrogen and oxygen atoms in total. The first-order chi connectivity index (χ1) is 8.74. The Morgan fingerprint density at radius 3 is 2.39 bits per heavy atom. The molecule has 1 N–H and O–H groups in total. The van der Waals surface area contributed by atoms with Crippen LogP contribution >= 0.6 is 0 Å². The van der Waals surface area contributed by atoms with E-state index in [0.29, 0.717) is 6.04 Å². The van der Waals surface area contributed by atoms with Gasteiger partial charge in [0.05, 0.1) is 0 Å². The molecule has 1 unspecified atom stereocenters. The van der Waals surface area contributed by atoms with E-state index < -0.39 is 0 Å². The summed E-state index contributed by atoms with van der Waals surface area (Å²) in [7, 11) is 0. The van der Waals surface area contributed by atoms with Crippen molar-refractivity contribution in [3.05, 3.63) is 29.8 Å². The third kappa shape index (κ3) is 3.49. The average Bonchev–Trinajstić information content (AvgIpc) is 3.20. The van der Waals surface area contributed by atoms with E-state index in [1.807, 2.05) is 0 Å². The first kappa shape index (κ1) is 13.4. The Kier molecular flexibility index (Phi) is 4.65. The first-order valence-corrected chi connectivity index (χ1v) is 7.31. The average molecular weight is 246 g/mol. The lowest BCUT2D eigenvalue weighted by atomic mass is 10.1. The maximum atomic E-state index is 3.66. The van der Waals surface area contributed by atoms with Crippen LogP contribution in [-0.2, 0) is 0 Å². The predicted molar refractivity (Wildman–Crippen MR) is 79.3 cm³/mol. The fourth-order valence-corrected chi connectivity index (χ4v) is 2.45. The molecule has 0 aromatic heterocycles. The summed E-state index contributed by atoms with van der Waals surface area (Å²) in [6.45, 7) is 8.87. The monoisotopic (exact) mass is 246 g/mol. The lowest BCUT2D eigenvalue weighted by molar-refractivity contribution is 0.523. The van der Waals surface area contributed by atoms with E-state index in [1.165, 1.54) is 30.5 Å². The molecule has 2 heteroatoms. The quantitative estimate of drug-likeness (QED) is 0.793. The van der Waals surface area contributed by atoms with Gasteiger partial charge in [-0.3, -0.25) is 0 Å². The van der Waals surface area contributed by atoms with Crippen molar-refractivity contribution in [3.8, 4) is 0 Å². The highest BCUT2D eigenvalue weighted by Gasteiger charge is 2.23. The molecule has 0 radical (unpaired) electrons. The molecule has 1 saturated carbocycles. The number of aryl methyl sites for hydroxylation is 1. The van der Waals surface area contributed by atoms with Crippen LogP contribution in [0.3, 0.4) is 0 Å². The number of hydrogen-bond acceptors (Lipinski definition) is 2. The number of anilines is 1. The topological polar surface area (TPSA) is 15.3 Å². The SMILES string of the molecule is CCC(CNC1CC1)N(CC)c1ccc(C)cc1. The van der Waals surface area contributed by atoms with Crippen molar-refractivity contribution in [1.29, 1.82) is 0 Å². The van der Waals surface area contributed by atoms with Gasteiger partial charge in [0.25, 0.3) is 0 Å². The van der Waals surface area contributed by atoms with E-state index in [4.69, 9.17) is 0 Å². The second kappa shape index (κ2) is 6.24. The molecule has 100 valence electrons. The van der Waals surface area contributed by atoms with Crippen LogP contribution in [-0.4, -0.2) is 25.2 Å². The minimum atomic E-state index is 0.610. The smallest absolute Gasteiger partial charge is 0.0411 e. The normalized spacial score (nSPS) is 16.6. The summed E-state index contributed by atoms with van der Waals surface area (Å²) in [5.74, 6) is 0. The number of benzene rings is 1. The maximum absolute atomic E-state index is 3.66. The van der Waals surface area contributed by atoms with Crippen molar-refractivity contribution in [2.45, 2.75) is 52.1 Å². The van der Waals surface area contributed by atoms with E-state index in [1.54, 1.807) is 0 Å². The third-order valence-electron chi connectivity index (χ3n) is 3.84. The van der Waals surface area contributed by atoms with Gasteiger partial charge in [0.2, 0.25) is 0 Å². The van der Waals surface area contributed by atoms with Crippen LogP contribution in [0.2, 0.25) is 0 Å². The van der Waals surface area contributed by atoms with Gasteiger partial charge in [-0.25, -0.2) is 0 Å². The first-order valence-electron chi connectivity index (χ1n) is 7.31. The standard InChI is InChI=1S/C16H26N2/c1-4-15(12-17-14-8-9-14)18(5-2)16-10-6-13(3)7-11-16/h6-7,10-11,14-15,17H,4-5,8-9,12H2,1-3H3. The van der Waals surface area contributed by atoms with E-state index in [-0.39, 0.29) is 0 Å². The predicted octanol–water partition coefficient (Wildman–Crippen LogP) is 3.35. The van der Waals surface area contributed by atoms with Crippen molar-refractivity contribution in [2.75, 3.05) is 18.0 Å². The highest BCUT2D eigenvalue weighted by atomic mass is 15.2. The summed E-state index contributed by atoms with van der Waals surface area (Å²) in [6, 6.07) is 10.3. The lowest BCUT2D eigenvalue weighted by Gasteiger charge is -2.32. The molecule has 0 heterocycles. The van der Waals surface area contributed by atoms with E-state index in [0.717, 1.165) is 19.1 Å². The molecule has 0 spiro atoms. The van der Waals surface area contributed by atoms with Crippen molar-refractivity contribution in [3.63, 3.8) is 0 Å². The number of nitrogens with zero attached hydrogens (tertiary/aromatic N) is 1. The molecule has 1 atom stereocenters. The van der Waals surface area contributed by atoms with E-state index >= 15 is 0 Å². The Morgan fingerprint density at radius 2 is 1.89 bits per heavy atom. The van der Waals surface area contributed by atoms with Crippen molar-refractivity contribution < 1.29 is 0 Å². The summed E-state index contributed by atoms with van der Waals surface area (Å²) in [6.07, 6.45) is 3.93. The van der Waals surface area contributed by atoms with Crippen LogP contribution in [0.5, 0.6) is 0 Å². The van der Waals surface area contributed by atoms with Crippen LogP contribution < -0.4 is 10.2 Å². The zero-order valence-electron chi connectivity index (χ0n) is 11.9. The van der Waals surface area contributed by atoms with Gasteiger partial charge in [0.1, 0.15) is 0 Å². The second-order valence-electron chi connectivity index (χ2n) is 5.37. The van der Waals surface area contributed by atoms with Crippen molar-refractivity contribution >= 4 is 5.69 Å². The van der Waals surface area contributed by atoms with Crippen LogP contribution in [0.25, 0.3) is 0 Å². The highest BCUT2D eigenvalue weighted by molar-refractivity contribution is 5.48. The minimum absolute atomic E-state index is 0.610. The largest absolute Gasteiger partial charge is 0.368 e. The Morgan fingerprint density at radius 1 is 1.22 bits per heavy atom. The van der Waals surface area contributed by atoms with Gasteiger partial charge in [0, 0.05) is 30.9 Å². The molecular formula is C16H26N2. The molecule has 1 fully saturated rings. The maximum Gasteiger partial charge on any atom is 0.0411 e. The van der Waals surface area contributed by atoms with Crippen molar-refractivity contribution in [1.82, 2.24) is 5.32 Å². The fourth-order valence-electron chi connectivity index (χ4n) is 2.45. The van der Waals surface area contributed by atoms with Gasteiger partial charge in [-0.1, -0.05) is 24.6 Å². The van der Waals surface area contributed by atoms with Gasteiger partial charge in [0.15, 0.2) is 0 Å². The Hall–Kier alpha value is -1.02. The zero-order chi connectivity index (χ0) is 13.0.